The first-order valence-corrected chi connectivity index (χ1v) is 8.81. The molecule has 27 heavy (non-hydrogen) atoms. The van der Waals surface area contributed by atoms with E-state index in [-0.39, 0.29) is 26.5 Å². The highest BCUT2D eigenvalue weighted by Gasteiger charge is 2.31. The Labute approximate surface area is 165 Å². The number of aromatic nitrogens is 2. The normalized spacial score (nSPS) is 11.5. The number of benzene rings is 1. The summed E-state index contributed by atoms with van der Waals surface area (Å²) in [4.78, 5) is 15.3. The van der Waals surface area contributed by atoms with Gasteiger partial charge in [0.05, 0.1) is 10.6 Å². The standard InChI is InChI=1S/C16H10Cl2F3N3O2S/c1-24-14(25)12(18)15(27-24)26-10-4-2-9(3-5-10)23-13-11(17)6-8(7-22-13)16(19,20)21/h2-7H,1H3,(H,22,23). The molecule has 0 aliphatic carbocycles. The molecule has 5 nitrogen and oxygen atoms in total. The Kier molecular flexibility index (Phi) is 5.36. The van der Waals surface area contributed by atoms with Gasteiger partial charge in [0.1, 0.15) is 11.6 Å². The smallest absolute Gasteiger partial charge is 0.417 e. The minimum absolute atomic E-state index is 0.00885. The summed E-state index contributed by atoms with van der Waals surface area (Å²) in [6.07, 6.45) is -3.82. The van der Waals surface area contributed by atoms with Crippen molar-refractivity contribution in [2.45, 2.75) is 6.18 Å². The number of rotatable bonds is 4. The maximum Gasteiger partial charge on any atom is 0.417 e. The van der Waals surface area contributed by atoms with Crippen molar-refractivity contribution in [3.63, 3.8) is 0 Å². The Hall–Kier alpha value is -2.23. The van der Waals surface area contributed by atoms with Gasteiger partial charge in [-0.2, -0.15) is 13.2 Å². The van der Waals surface area contributed by atoms with E-state index in [1.54, 1.807) is 31.3 Å². The molecule has 3 rings (SSSR count). The molecule has 0 fully saturated rings. The number of halogens is 5. The molecule has 3 aromatic rings. The Morgan fingerprint density at radius 2 is 1.89 bits per heavy atom. The number of hydrogen-bond acceptors (Lipinski definition) is 5. The SMILES string of the molecule is Cn1sc(Oc2ccc(Nc3ncc(C(F)(F)F)cc3Cl)cc2)c(Cl)c1=O. The lowest BCUT2D eigenvalue weighted by Crippen LogP contribution is -2.07. The van der Waals surface area contributed by atoms with Gasteiger partial charge in [-0.25, -0.2) is 4.98 Å². The van der Waals surface area contributed by atoms with E-state index in [1.807, 2.05) is 0 Å². The highest BCUT2D eigenvalue weighted by molar-refractivity contribution is 7.09. The summed E-state index contributed by atoms with van der Waals surface area (Å²) < 4.78 is 44.8. The van der Waals surface area contributed by atoms with Gasteiger partial charge in [-0.05, 0) is 41.9 Å². The van der Waals surface area contributed by atoms with Crippen LogP contribution in [-0.2, 0) is 13.2 Å². The summed E-state index contributed by atoms with van der Waals surface area (Å²) in [5.74, 6) is 0.512. The molecule has 0 aliphatic heterocycles. The zero-order valence-corrected chi connectivity index (χ0v) is 15.8. The third-order valence-electron chi connectivity index (χ3n) is 3.37. The van der Waals surface area contributed by atoms with Gasteiger partial charge in [0.15, 0.2) is 5.02 Å². The Morgan fingerprint density at radius 1 is 1.22 bits per heavy atom. The summed E-state index contributed by atoms with van der Waals surface area (Å²) in [7, 11) is 1.57. The van der Waals surface area contributed by atoms with Crippen LogP contribution < -0.4 is 15.6 Å². The monoisotopic (exact) mass is 435 g/mol. The van der Waals surface area contributed by atoms with Crippen molar-refractivity contribution in [2.24, 2.45) is 7.05 Å². The fraction of sp³-hybridized carbons (Fsp3) is 0.125. The van der Waals surface area contributed by atoms with Crippen molar-refractivity contribution in [3.05, 3.63) is 62.5 Å². The molecule has 0 atom stereocenters. The molecule has 0 unspecified atom stereocenters. The number of nitrogens with one attached hydrogen (secondary N) is 1. The Morgan fingerprint density at radius 3 is 2.41 bits per heavy atom. The molecule has 0 amide bonds. The molecule has 1 N–H and O–H groups in total. The van der Waals surface area contributed by atoms with Gasteiger partial charge in [-0.3, -0.25) is 8.75 Å². The summed E-state index contributed by atoms with van der Waals surface area (Å²) in [6.45, 7) is 0. The molecular formula is C16H10Cl2F3N3O2S. The fourth-order valence-corrected chi connectivity index (χ4v) is 3.29. The van der Waals surface area contributed by atoms with Crippen LogP contribution in [0, 0.1) is 0 Å². The van der Waals surface area contributed by atoms with Crippen molar-refractivity contribution in [2.75, 3.05) is 5.32 Å². The zero-order chi connectivity index (χ0) is 19.8. The summed E-state index contributed by atoms with van der Waals surface area (Å²) in [6, 6.07) is 7.23. The molecule has 1 aromatic carbocycles. The second-order valence-electron chi connectivity index (χ2n) is 5.30. The van der Waals surface area contributed by atoms with Crippen LogP contribution in [0.25, 0.3) is 0 Å². The van der Waals surface area contributed by atoms with Crippen molar-refractivity contribution >= 4 is 46.2 Å². The van der Waals surface area contributed by atoms with Gasteiger partial charge in [-0.15, -0.1) is 0 Å². The van der Waals surface area contributed by atoms with E-state index in [1.165, 1.54) is 3.96 Å². The first kappa shape index (κ1) is 19.5. The molecule has 0 bridgehead atoms. The van der Waals surface area contributed by atoms with Gasteiger partial charge in [0, 0.05) is 18.9 Å². The zero-order valence-electron chi connectivity index (χ0n) is 13.5. The fourth-order valence-electron chi connectivity index (χ4n) is 2.03. The van der Waals surface area contributed by atoms with Crippen LogP contribution in [0.3, 0.4) is 0 Å². The minimum Gasteiger partial charge on any atom is -0.443 e. The lowest BCUT2D eigenvalue weighted by molar-refractivity contribution is -0.137. The maximum atomic E-state index is 12.6. The average molecular weight is 436 g/mol. The molecule has 2 aromatic heterocycles. The van der Waals surface area contributed by atoms with Crippen LogP contribution in [-0.4, -0.2) is 8.94 Å². The predicted molar refractivity (Wildman–Crippen MR) is 98.6 cm³/mol. The van der Waals surface area contributed by atoms with Crippen molar-refractivity contribution in [3.8, 4) is 10.8 Å². The molecule has 0 aliphatic rings. The van der Waals surface area contributed by atoms with Gasteiger partial charge < -0.3 is 10.1 Å². The molecule has 2 heterocycles. The lowest BCUT2D eigenvalue weighted by atomic mass is 10.2. The Bertz CT molecular complexity index is 1030. The van der Waals surface area contributed by atoms with E-state index in [0.29, 0.717) is 17.6 Å². The van der Waals surface area contributed by atoms with E-state index in [9.17, 15) is 18.0 Å². The van der Waals surface area contributed by atoms with Crippen LogP contribution in [0.5, 0.6) is 10.8 Å². The van der Waals surface area contributed by atoms with E-state index < -0.39 is 11.7 Å². The highest BCUT2D eigenvalue weighted by atomic mass is 35.5. The molecule has 0 saturated carbocycles. The molecular weight excluding hydrogens is 426 g/mol. The summed E-state index contributed by atoms with van der Waals surface area (Å²) >= 11 is 12.8. The second kappa shape index (κ2) is 7.41. The molecule has 0 spiro atoms. The van der Waals surface area contributed by atoms with Crippen molar-refractivity contribution in [1.29, 1.82) is 0 Å². The molecule has 0 saturated heterocycles. The first-order valence-electron chi connectivity index (χ1n) is 7.28. The lowest BCUT2D eigenvalue weighted by Gasteiger charge is -2.11. The van der Waals surface area contributed by atoms with E-state index in [4.69, 9.17) is 27.9 Å². The van der Waals surface area contributed by atoms with E-state index in [0.717, 1.165) is 17.6 Å². The van der Waals surface area contributed by atoms with Crippen LogP contribution in [0.2, 0.25) is 10.0 Å². The number of nitrogens with zero attached hydrogens (tertiary/aromatic N) is 2. The quantitative estimate of drug-likeness (QED) is 0.570. The van der Waals surface area contributed by atoms with Crippen LogP contribution in [0.4, 0.5) is 24.7 Å². The van der Waals surface area contributed by atoms with Crippen LogP contribution in [0.1, 0.15) is 5.56 Å². The Balaban J connectivity index is 1.74. The highest BCUT2D eigenvalue weighted by Crippen LogP contribution is 2.34. The number of alkyl halides is 3. The maximum absolute atomic E-state index is 12.6. The molecule has 11 heteroatoms. The number of pyridine rings is 1. The van der Waals surface area contributed by atoms with Gasteiger partial charge in [0.25, 0.3) is 5.56 Å². The minimum atomic E-state index is -4.52. The van der Waals surface area contributed by atoms with Crippen LogP contribution >= 0.6 is 34.7 Å². The van der Waals surface area contributed by atoms with Crippen molar-refractivity contribution < 1.29 is 17.9 Å². The third kappa shape index (κ3) is 4.37. The van der Waals surface area contributed by atoms with Gasteiger partial charge in [-0.1, -0.05) is 23.2 Å². The average Bonchev–Trinajstić information content (AvgIpc) is 2.84. The van der Waals surface area contributed by atoms with E-state index in [2.05, 4.69) is 10.3 Å². The number of anilines is 2. The largest absolute Gasteiger partial charge is 0.443 e. The summed E-state index contributed by atoms with van der Waals surface area (Å²) in [5, 5.41) is 2.91. The second-order valence-corrected chi connectivity index (χ2v) is 7.19. The topological polar surface area (TPSA) is 56.1 Å². The van der Waals surface area contributed by atoms with Crippen LogP contribution in [0.15, 0.2) is 41.3 Å². The third-order valence-corrected chi connectivity index (χ3v) is 5.00. The number of hydrogen-bond donors (Lipinski definition) is 1. The number of ether oxygens (including phenoxy) is 1. The van der Waals surface area contributed by atoms with E-state index >= 15 is 0 Å². The van der Waals surface area contributed by atoms with Crippen molar-refractivity contribution in [1.82, 2.24) is 8.94 Å². The summed E-state index contributed by atoms with van der Waals surface area (Å²) in [5.41, 5.74) is -0.748. The first-order chi connectivity index (χ1) is 12.6. The number of aryl methyl sites for hydroxylation is 1. The molecule has 142 valence electrons. The van der Waals surface area contributed by atoms with Gasteiger partial charge in [0.2, 0.25) is 5.06 Å². The predicted octanol–water partition coefficient (Wildman–Crippen LogP) is 5.70. The molecule has 0 radical (unpaired) electrons. The van der Waals surface area contributed by atoms with Gasteiger partial charge >= 0.3 is 6.18 Å².